The van der Waals surface area contributed by atoms with E-state index in [9.17, 15) is 4.79 Å². The fourth-order valence-corrected chi connectivity index (χ4v) is 1.10. The number of hydrogen-bond donors (Lipinski definition) is 0. The maximum atomic E-state index is 11.5. The van der Waals surface area contributed by atoms with Crippen molar-refractivity contribution in [3.63, 3.8) is 0 Å². The number of benzene rings is 1. The van der Waals surface area contributed by atoms with Gasteiger partial charge in [0.1, 0.15) is 17.8 Å². The lowest BCUT2D eigenvalue weighted by molar-refractivity contribution is -0.111. The third kappa shape index (κ3) is 2.49. The predicted octanol–water partition coefficient (Wildman–Crippen LogP) is 2.18. The number of aldehydes is 1. The van der Waals surface area contributed by atoms with Crippen LogP contribution in [0, 0.1) is 0 Å². The monoisotopic (exact) mass is 214 g/mol. The van der Waals surface area contributed by atoms with Gasteiger partial charge in [-0.2, -0.15) is 0 Å². The second kappa shape index (κ2) is 4.34. The molecule has 1 aromatic carbocycles. The van der Waals surface area contributed by atoms with Crippen LogP contribution in [-0.2, 0) is 10.2 Å². The standard InChI is InChI=1S/C12H16O3/c1-12(2,8-13)9-5-10(14-3)7-11(6-9)15-4/h5-8H,1-4H3/i1D3,2D3. The van der Waals surface area contributed by atoms with Gasteiger partial charge in [-0.05, 0) is 31.4 Å². The topological polar surface area (TPSA) is 35.5 Å². The van der Waals surface area contributed by atoms with E-state index in [0.717, 1.165) is 0 Å². The number of carbonyl (C=O) groups excluding carboxylic acids is 1. The summed E-state index contributed by atoms with van der Waals surface area (Å²) in [7, 11) is 2.68. The summed E-state index contributed by atoms with van der Waals surface area (Å²) in [6.07, 6.45) is -0.0405. The fourth-order valence-electron chi connectivity index (χ4n) is 1.10. The van der Waals surface area contributed by atoms with E-state index in [1.165, 1.54) is 32.4 Å². The van der Waals surface area contributed by atoms with Crippen LogP contribution in [0.2, 0.25) is 0 Å². The number of carbonyl (C=O) groups is 1. The van der Waals surface area contributed by atoms with Gasteiger partial charge in [0.05, 0.1) is 14.2 Å². The summed E-state index contributed by atoms with van der Waals surface area (Å²) in [5.74, 6) is 0.396. The summed E-state index contributed by atoms with van der Waals surface area (Å²) in [4.78, 5) is 11.5. The molecule has 0 heterocycles. The van der Waals surface area contributed by atoms with Crippen LogP contribution in [0.1, 0.15) is 27.5 Å². The Kier molecular flexibility index (Phi) is 1.60. The van der Waals surface area contributed by atoms with E-state index in [1.807, 2.05) is 0 Å². The van der Waals surface area contributed by atoms with Gasteiger partial charge in [0.25, 0.3) is 0 Å². The van der Waals surface area contributed by atoms with Gasteiger partial charge in [0.15, 0.2) is 0 Å². The van der Waals surface area contributed by atoms with Gasteiger partial charge in [0, 0.05) is 19.7 Å². The van der Waals surface area contributed by atoms with Gasteiger partial charge in [-0.3, -0.25) is 0 Å². The number of ether oxygens (including phenoxy) is 2. The van der Waals surface area contributed by atoms with E-state index >= 15 is 0 Å². The molecule has 1 rings (SSSR count). The maximum Gasteiger partial charge on any atom is 0.129 e. The Balaban J connectivity index is 3.73. The van der Waals surface area contributed by atoms with Crippen LogP contribution >= 0.6 is 0 Å². The van der Waals surface area contributed by atoms with Crippen molar-refractivity contribution in [1.29, 1.82) is 0 Å². The third-order valence-corrected chi connectivity index (χ3v) is 1.98. The average Bonchev–Trinajstić information content (AvgIpc) is 2.36. The molecule has 0 amide bonds. The van der Waals surface area contributed by atoms with E-state index in [-0.39, 0.29) is 23.3 Å². The molecule has 0 unspecified atom stereocenters. The van der Waals surface area contributed by atoms with Gasteiger partial charge < -0.3 is 14.3 Å². The Morgan fingerprint density at radius 1 is 1.20 bits per heavy atom. The molecule has 0 radical (unpaired) electrons. The molecule has 0 fully saturated rings. The van der Waals surface area contributed by atoms with Crippen LogP contribution in [0.25, 0.3) is 0 Å². The lowest BCUT2D eigenvalue weighted by Gasteiger charge is -2.19. The minimum absolute atomic E-state index is 0.0405. The molecular formula is C12H16O3. The minimum Gasteiger partial charge on any atom is -0.497 e. The highest BCUT2D eigenvalue weighted by Crippen LogP contribution is 2.29. The highest BCUT2D eigenvalue weighted by molar-refractivity contribution is 5.68. The summed E-state index contributed by atoms with van der Waals surface area (Å²) in [5.41, 5.74) is -2.85. The average molecular weight is 214 g/mol. The number of rotatable bonds is 4. The first kappa shape index (κ1) is 5.54. The first-order chi connectivity index (χ1) is 9.53. The Morgan fingerprint density at radius 2 is 1.73 bits per heavy atom. The first-order valence-corrected chi connectivity index (χ1v) is 4.23. The van der Waals surface area contributed by atoms with Gasteiger partial charge in [-0.25, -0.2) is 0 Å². The summed E-state index contributed by atoms with van der Waals surface area (Å²) in [6, 6.07) is 3.89. The van der Waals surface area contributed by atoms with E-state index in [2.05, 4.69) is 0 Å². The molecule has 82 valence electrons. The van der Waals surface area contributed by atoms with Gasteiger partial charge in [-0.15, -0.1) is 0 Å². The molecule has 0 saturated carbocycles. The first-order valence-electron chi connectivity index (χ1n) is 7.23. The van der Waals surface area contributed by atoms with Gasteiger partial charge >= 0.3 is 0 Å². The molecular weight excluding hydrogens is 192 g/mol. The van der Waals surface area contributed by atoms with Crippen molar-refractivity contribution in [2.75, 3.05) is 14.2 Å². The Labute approximate surface area is 98.4 Å². The molecule has 0 aliphatic rings. The Bertz CT molecular complexity index is 484. The van der Waals surface area contributed by atoms with Crippen LogP contribution in [0.15, 0.2) is 18.2 Å². The van der Waals surface area contributed by atoms with E-state index in [0.29, 0.717) is 0 Å². The van der Waals surface area contributed by atoms with E-state index in [4.69, 9.17) is 17.7 Å². The van der Waals surface area contributed by atoms with Crippen LogP contribution in [-0.4, -0.2) is 20.5 Å². The summed E-state index contributed by atoms with van der Waals surface area (Å²) in [6.45, 7) is -6.12. The zero-order valence-corrected chi connectivity index (χ0v) is 8.53. The van der Waals surface area contributed by atoms with Crippen molar-refractivity contribution in [3.8, 4) is 11.5 Å². The van der Waals surface area contributed by atoms with Crippen molar-refractivity contribution in [1.82, 2.24) is 0 Å². The van der Waals surface area contributed by atoms with Crippen molar-refractivity contribution in [2.45, 2.75) is 19.1 Å². The molecule has 0 saturated heterocycles. The third-order valence-electron chi connectivity index (χ3n) is 1.98. The van der Waals surface area contributed by atoms with Gasteiger partial charge in [0.2, 0.25) is 0 Å². The fraction of sp³-hybridized carbons (Fsp3) is 0.417. The van der Waals surface area contributed by atoms with Crippen molar-refractivity contribution in [3.05, 3.63) is 23.8 Å². The highest BCUT2D eigenvalue weighted by Gasteiger charge is 2.21. The molecule has 0 aromatic heterocycles. The lowest BCUT2D eigenvalue weighted by Crippen LogP contribution is -2.18. The highest BCUT2D eigenvalue weighted by atomic mass is 16.5. The quantitative estimate of drug-likeness (QED) is 0.721. The second-order valence-corrected chi connectivity index (χ2v) is 3.03. The van der Waals surface area contributed by atoms with Crippen molar-refractivity contribution < 1.29 is 22.5 Å². The van der Waals surface area contributed by atoms with Crippen molar-refractivity contribution in [2.24, 2.45) is 0 Å². The lowest BCUT2D eigenvalue weighted by atomic mass is 9.86. The van der Waals surface area contributed by atoms with Crippen LogP contribution in [0.5, 0.6) is 11.5 Å². The zero-order chi connectivity index (χ0) is 16.5. The molecule has 3 heteroatoms. The predicted molar refractivity (Wildman–Crippen MR) is 58.6 cm³/mol. The SMILES string of the molecule is [2H]C([2H])([2H])C(C=O)(c1cc(OC)cc(OC)c1)C([2H])([2H])[2H]. The summed E-state index contributed by atoms with van der Waals surface area (Å²) >= 11 is 0. The number of hydrogen-bond acceptors (Lipinski definition) is 3. The zero-order valence-electron chi connectivity index (χ0n) is 14.5. The second-order valence-electron chi connectivity index (χ2n) is 3.03. The van der Waals surface area contributed by atoms with Gasteiger partial charge in [-0.1, -0.05) is 0 Å². The number of methoxy groups -OCH3 is 2. The van der Waals surface area contributed by atoms with E-state index in [1.54, 1.807) is 0 Å². The smallest absolute Gasteiger partial charge is 0.129 e. The molecule has 0 spiro atoms. The molecule has 1 aromatic rings. The van der Waals surface area contributed by atoms with Crippen LogP contribution < -0.4 is 9.47 Å². The normalized spacial score (nSPS) is 18.5. The molecule has 3 nitrogen and oxygen atoms in total. The Hall–Kier alpha value is -1.51. The maximum absolute atomic E-state index is 11.5. The minimum atomic E-state index is -3.06. The summed E-state index contributed by atoms with van der Waals surface area (Å²) in [5, 5.41) is 0. The molecule has 0 N–H and O–H groups in total. The largest absolute Gasteiger partial charge is 0.497 e. The molecule has 0 aliphatic carbocycles. The summed E-state index contributed by atoms with van der Waals surface area (Å²) < 4.78 is 55.3. The molecule has 0 aliphatic heterocycles. The van der Waals surface area contributed by atoms with E-state index < -0.39 is 19.1 Å². The van der Waals surface area contributed by atoms with Crippen molar-refractivity contribution >= 4 is 6.29 Å². The Morgan fingerprint density at radius 3 is 2.07 bits per heavy atom. The van der Waals surface area contributed by atoms with Crippen LogP contribution in [0.3, 0.4) is 0 Å². The molecule has 15 heavy (non-hydrogen) atoms. The van der Waals surface area contributed by atoms with Crippen LogP contribution in [0.4, 0.5) is 0 Å². The molecule has 0 bridgehead atoms. The molecule has 0 atom stereocenters.